The number of nitrogens with zero attached hydrogens (tertiary/aromatic N) is 1. The highest BCUT2D eigenvalue weighted by molar-refractivity contribution is 6.10. The average Bonchev–Trinajstić information content (AvgIpc) is 3.17. The molecule has 4 aromatic rings. The smallest absolute Gasteiger partial charge is 0.257 e. The fourth-order valence-electron chi connectivity index (χ4n) is 3.32. The number of guanidine groups is 1. The van der Waals surface area contributed by atoms with Crippen LogP contribution in [0.15, 0.2) is 84.0 Å². The maximum absolute atomic E-state index is 13.6. The molecule has 1 aromatic heterocycles. The standard InChI is InChI=1S/C25H23FN4O/c1-17-9-11-18(12-10-17)24(31)30-25(29-21-6-4-5-20(26)15-21)27-14-13-19-16-28-23-8-3-2-7-22(19)23/h2-12,15-16,28H,13-14H2,1H3,(H2,27,29,30,31). The number of benzene rings is 3. The first-order chi connectivity index (χ1) is 15.1. The number of H-pyrrole nitrogens is 1. The number of halogens is 1. The molecule has 0 aliphatic carbocycles. The van der Waals surface area contributed by atoms with Gasteiger partial charge in [0.25, 0.3) is 5.91 Å². The zero-order valence-corrected chi connectivity index (χ0v) is 17.2. The minimum Gasteiger partial charge on any atom is -0.361 e. The molecule has 0 atom stereocenters. The van der Waals surface area contributed by atoms with Crippen molar-refractivity contribution in [1.29, 1.82) is 0 Å². The fraction of sp³-hybridized carbons (Fsp3) is 0.120. The van der Waals surface area contributed by atoms with E-state index in [1.54, 1.807) is 24.3 Å². The molecule has 3 N–H and O–H groups in total. The molecule has 6 heteroatoms. The van der Waals surface area contributed by atoms with Crippen LogP contribution >= 0.6 is 0 Å². The number of aryl methyl sites for hydroxylation is 1. The van der Waals surface area contributed by atoms with Gasteiger partial charge in [-0.15, -0.1) is 0 Å². The molecule has 1 heterocycles. The number of rotatable bonds is 5. The maximum Gasteiger partial charge on any atom is 0.257 e. The summed E-state index contributed by atoms with van der Waals surface area (Å²) in [5.74, 6) is -0.376. The normalized spacial score (nSPS) is 11.5. The number of carbonyl (C=O) groups excluding carboxylic acids is 1. The van der Waals surface area contributed by atoms with Gasteiger partial charge >= 0.3 is 0 Å². The maximum atomic E-state index is 13.6. The Bertz CT molecular complexity index is 1230. The number of fused-ring (bicyclic) bond motifs is 1. The highest BCUT2D eigenvalue weighted by atomic mass is 19.1. The van der Waals surface area contributed by atoms with Crippen LogP contribution in [0.25, 0.3) is 10.9 Å². The van der Waals surface area contributed by atoms with Gasteiger partial charge in [-0.05, 0) is 55.3 Å². The largest absolute Gasteiger partial charge is 0.361 e. The lowest BCUT2D eigenvalue weighted by Crippen LogP contribution is -2.36. The molecular formula is C25H23FN4O. The van der Waals surface area contributed by atoms with E-state index in [-0.39, 0.29) is 17.7 Å². The molecule has 0 saturated heterocycles. The van der Waals surface area contributed by atoms with Gasteiger partial charge in [0.15, 0.2) is 0 Å². The van der Waals surface area contributed by atoms with Gasteiger partial charge in [-0.2, -0.15) is 0 Å². The summed E-state index contributed by atoms with van der Waals surface area (Å²) in [6.45, 7) is 2.42. The lowest BCUT2D eigenvalue weighted by Gasteiger charge is -2.12. The van der Waals surface area contributed by atoms with Gasteiger partial charge in [-0.1, -0.05) is 42.0 Å². The van der Waals surface area contributed by atoms with E-state index in [4.69, 9.17) is 0 Å². The zero-order valence-electron chi connectivity index (χ0n) is 17.2. The summed E-state index contributed by atoms with van der Waals surface area (Å²) in [4.78, 5) is 20.5. The van der Waals surface area contributed by atoms with Crippen LogP contribution in [0.1, 0.15) is 21.5 Å². The van der Waals surface area contributed by atoms with Crippen molar-refractivity contribution in [2.24, 2.45) is 4.99 Å². The second-order valence-electron chi connectivity index (χ2n) is 7.30. The fourth-order valence-corrected chi connectivity index (χ4v) is 3.32. The van der Waals surface area contributed by atoms with Crippen LogP contribution in [-0.4, -0.2) is 23.4 Å². The third-order valence-electron chi connectivity index (χ3n) is 4.96. The summed E-state index contributed by atoms with van der Waals surface area (Å²) >= 11 is 0. The van der Waals surface area contributed by atoms with E-state index in [2.05, 4.69) is 26.7 Å². The number of anilines is 1. The van der Waals surface area contributed by atoms with E-state index in [0.717, 1.165) is 22.0 Å². The van der Waals surface area contributed by atoms with Crippen molar-refractivity contribution in [3.8, 4) is 0 Å². The molecule has 5 nitrogen and oxygen atoms in total. The SMILES string of the molecule is Cc1ccc(C(=O)NC(=NCCc2c[nH]c3ccccc23)Nc2cccc(F)c2)cc1. The number of nitrogens with one attached hydrogen (secondary N) is 3. The van der Waals surface area contributed by atoms with Gasteiger partial charge in [0.05, 0.1) is 0 Å². The Morgan fingerprint density at radius 2 is 1.84 bits per heavy atom. The number of aliphatic imine (C=N–C) groups is 1. The van der Waals surface area contributed by atoms with Crippen LogP contribution in [0.3, 0.4) is 0 Å². The molecule has 0 unspecified atom stereocenters. The topological polar surface area (TPSA) is 69.3 Å². The van der Waals surface area contributed by atoms with E-state index in [0.29, 0.717) is 24.2 Å². The predicted octanol–water partition coefficient (Wildman–Crippen LogP) is 5.06. The molecule has 156 valence electrons. The van der Waals surface area contributed by atoms with Gasteiger partial charge in [-0.3, -0.25) is 15.1 Å². The number of para-hydroxylation sites is 1. The molecule has 3 aromatic carbocycles. The zero-order chi connectivity index (χ0) is 21.6. The lowest BCUT2D eigenvalue weighted by molar-refractivity contribution is 0.0977. The van der Waals surface area contributed by atoms with Crippen molar-refractivity contribution in [3.63, 3.8) is 0 Å². The van der Waals surface area contributed by atoms with Gasteiger partial charge in [0.1, 0.15) is 5.82 Å². The number of hydrogen-bond donors (Lipinski definition) is 3. The van der Waals surface area contributed by atoms with Crippen molar-refractivity contribution in [1.82, 2.24) is 10.3 Å². The van der Waals surface area contributed by atoms with Crippen molar-refractivity contribution < 1.29 is 9.18 Å². The van der Waals surface area contributed by atoms with Crippen LogP contribution in [0.4, 0.5) is 10.1 Å². The predicted molar refractivity (Wildman–Crippen MR) is 123 cm³/mol. The average molecular weight is 414 g/mol. The monoisotopic (exact) mass is 414 g/mol. The minimum atomic E-state index is -0.368. The Hall–Kier alpha value is -3.93. The van der Waals surface area contributed by atoms with Crippen LogP contribution in [0, 0.1) is 12.7 Å². The van der Waals surface area contributed by atoms with E-state index in [1.165, 1.54) is 12.1 Å². The van der Waals surface area contributed by atoms with Crippen LogP contribution < -0.4 is 10.6 Å². The molecule has 0 aliphatic rings. The summed E-state index contributed by atoms with van der Waals surface area (Å²) < 4.78 is 13.6. The van der Waals surface area contributed by atoms with Gasteiger partial charge in [0, 0.05) is 34.9 Å². The molecular weight excluding hydrogens is 391 g/mol. The van der Waals surface area contributed by atoms with Gasteiger partial charge in [-0.25, -0.2) is 4.39 Å². The van der Waals surface area contributed by atoms with Crippen LogP contribution in [0.2, 0.25) is 0 Å². The van der Waals surface area contributed by atoms with E-state index in [1.807, 2.05) is 43.5 Å². The van der Waals surface area contributed by atoms with E-state index in [9.17, 15) is 9.18 Å². The molecule has 1 amide bonds. The number of hydrogen-bond acceptors (Lipinski definition) is 2. The summed E-state index contributed by atoms with van der Waals surface area (Å²) in [7, 11) is 0. The summed E-state index contributed by atoms with van der Waals surface area (Å²) in [5.41, 5.74) is 4.33. The third kappa shape index (κ3) is 5.17. The van der Waals surface area contributed by atoms with Crippen molar-refractivity contribution >= 4 is 28.5 Å². The van der Waals surface area contributed by atoms with Crippen molar-refractivity contribution in [3.05, 3.63) is 102 Å². The van der Waals surface area contributed by atoms with Crippen LogP contribution in [0.5, 0.6) is 0 Å². The Labute approximate surface area is 180 Å². The summed E-state index contributed by atoms with van der Waals surface area (Å²) in [6.07, 6.45) is 2.67. The lowest BCUT2D eigenvalue weighted by atomic mass is 10.1. The van der Waals surface area contributed by atoms with Gasteiger partial charge in [0.2, 0.25) is 5.96 Å². The first-order valence-electron chi connectivity index (χ1n) is 10.1. The van der Waals surface area contributed by atoms with E-state index >= 15 is 0 Å². The quantitative estimate of drug-likeness (QED) is 0.316. The first-order valence-corrected chi connectivity index (χ1v) is 10.1. The van der Waals surface area contributed by atoms with E-state index < -0.39 is 0 Å². The number of amides is 1. The highest BCUT2D eigenvalue weighted by Crippen LogP contribution is 2.18. The molecule has 0 radical (unpaired) electrons. The Balaban J connectivity index is 1.52. The Morgan fingerprint density at radius 3 is 2.65 bits per heavy atom. The van der Waals surface area contributed by atoms with Gasteiger partial charge < -0.3 is 10.3 Å². The minimum absolute atomic E-state index is 0.274. The van der Waals surface area contributed by atoms with Crippen LogP contribution in [-0.2, 0) is 6.42 Å². The number of carbonyl (C=O) groups is 1. The first kappa shape index (κ1) is 20.3. The Kier molecular flexibility index (Phi) is 6.08. The Morgan fingerprint density at radius 1 is 1.03 bits per heavy atom. The molecule has 4 rings (SSSR count). The molecule has 0 saturated carbocycles. The number of aromatic amines is 1. The second kappa shape index (κ2) is 9.26. The highest BCUT2D eigenvalue weighted by Gasteiger charge is 2.10. The van der Waals surface area contributed by atoms with Crippen molar-refractivity contribution in [2.45, 2.75) is 13.3 Å². The molecule has 0 fully saturated rings. The molecule has 0 bridgehead atoms. The van der Waals surface area contributed by atoms with Crippen molar-refractivity contribution in [2.75, 3.05) is 11.9 Å². The molecule has 0 spiro atoms. The molecule has 0 aliphatic heterocycles. The second-order valence-corrected chi connectivity index (χ2v) is 7.30. The summed E-state index contributed by atoms with van der Waals surface area (Å²) in [6, 6.07) is 21.4. The summed E-state index contributed by atoms with van der Waals surface area (Å²) in [5, 5.41) is 6.98. The molecule has 31 heavy (non-hydrogen) atoms. The number of aromatic nitrogens is 1. The third-order valence-corrected chi connectivity index (χ3v) is 4.96.